The van der Waals surface area contributed by atoms with Crippen LogP contribution in [0.25, 0.3) is 0 Å². The van der Waals surface area contributed by atoms with Gasteiger partial charge in [-0.25, -0.2) is 27.2 Å². The van der Waals surface area contributed by atoms with Gasteiger partial charge in [-0.15, -0.1) is 0 Å². The summed E-state index contributed by atoms with van der Waals surface area (Å²) in [6.45, 7) is 7.55. The maximum atomic E-state index is 14.5. The lowest BCUT2D eigenvalue weighted by molar-refractivity contribution is 0.0811. The summed E-state index contributed by atoms with van der Waals surface area (Å²) in [5.74, 6) is -7.21. The van der Waals surface area contributed by atoms with Gasteiger partial charge in [0.15, 0.2) is 35.6 Å². The van der Waals surface area contributed by atoms with Gasteiger partial charge >= 0.3 is 11.4 Å². The molecule has 0 fully saturated rings. The molecule has 0 aliphatic rings. The van der Waals surface area contributed by atoms with Crippen LogP contribution in [0.5, 0.6) is 0 Å². The van der Waals surface area contributed by atoms with Crippen LogP contribution in [0.2, 0.25) is 10.0 Å². The normalized spacial score (nSPS) is 11.7. The number of ketones is 2. The van der Waals surface area contributed by atoms with Gasteiger partial charge in [0.05, 0.1) is 22.4 Å². The fourth-order valence-corrected chi connectivity index (χ4v) is 6.20. The van der Waals surface area contributed by atoms with Crippen LogP contribution >= 0.6 is 23.2 Å². The van der Waals surface area contributed by atoms with Crippen LogP contribution in [0, 0.1) is 37.1 Å². The third kappa shape index (κ3) is 11.6. The highest BCUT2D eigenvalue weighted by Crippen LogP contribution is 2.22. The third-order valence-corrected chi connectivity index (χ3v) is 9.67. The van der Waals surface area contributed by atoms with Crippen molar-refractivity contribution < 1.29 is 36.7 Å². The van der Waals surface area contributed by atoms with Gasteiger partial charge in [-0.05, 0) is 88.4 Å². The van der Waals surface area contributed by atoms with Crippen molar-refractivity contribution in [2.45, 2.75) is 40.0 Å². The zero-order chi connectivity index (χ0) is 46.8. The number of halogens is 6. The van der Waals surface area contributed by atoms with E-state index in [1.54, 1.807) is 64.1 Å². The van der Waals surface area contributed by atoms with Gasteiger partial charge in [-0.2, -0.15) is 9.97 Å². The van der Waals surface area contributed by atoms with E-state index in [0.29, 0.717) is 22.2 Å². The molecule has 0 radical (unpaired) electrons. The Balaban J connectivity index is 0.000000241. The number of rotatable bonds is 14. The highest BCUT2D eigenvalue weighted by Gasteiger charge is 2.29. The molecule has 2 heterocycles. The van der Waals surface area contributed by atoms with Crippen molar-refractivity contribution in [1.82, 2.24) is 29.7 Å². The molecule has 2 atom stereocenters. The minimum Gasteiger partial charge on any atom is -0.368 e. The number of hydrogen-bond donors (Lipinski definition) is 4. The fraction of sp³-hybridized carbons (Fsp3) is 0.182. The quantitative estimate of drug-likeness (QED) is 0.0632. The molecule has 4 N–H and O–H groups in total. The van der Waals surface area contributed by atoms with Crippen molar-refractivity contribution in [3.8, 4) is 0 Å². The van der Waals surface area contributed by atoms with E-state index < -0.39 is 70.4 Å². The van der Waals surface area contributed by atoms with E-state index in [4.69, 9.17) is 23.2 Å². The van der Waals surface area contributed by atoms with Gasteiger partial charge in [-0.3, -0.25) is 28.3 Å². The smallest absolute Gasteiger partial charge is 0.351 e. The Labute approximate surface area is 372 Å². The van der Waals surface area contributed by atoms with E-state index in [9.17, 15) is 46.3 Å². The van der Waals surface area contributed by atoms with E-state index in [-0.39, 0.29) is 43.9 Å². The zero-order valence-electron chi connectivity index (χ0n) is 34.3. The number of nitrogens with one attached hydrogen (secondary N) is 4. The third-order valence-electron chi connectivity index (χ3n) is 9.06. The highest BCUT2D eigenvalue weighted by molar-refractivity contribution is 6.31. The highest BCUT2D eigenvalue weighted by atomic mass is 35.5. The Bertz CT molecular complexity index is 2680. The topological polar surface area (TPSA) is 186 Å². The minimum atomic E-state index is -1.69. The Morgan fingerprint density at radius 1 is 0.562 bits per heavy atom. The standard InChI is InChI=1S/2C22H19ClF2N4O3/c2*1-3-26-19-17(25)11-29(22(32)27-19)20(18(30)13-7-8-15(23)16(24)10-13)28-21(31)14-6-4-5-12(2)9-14/h2*4-11,20H,3H2,1-2H3,(H,28,31)(H,26,27,32). The fourth-order valence-electron chi connectivity index (χ4n) is 5.97. The number of aromatic nitrogens is 4. The lowest BCUT2D eigenvalue weighted by Gasteiger charge is -2.21. The van der Waals surface area contributed by atoms with E-state index in [1.165, 1.54) is 36.4 Å². The van der Waals surface area contributed by atoms with Crippen molar-refractivity contribution in [2.24, 2.45) is 0 Å². The Morgan fingerprint density at radius 3 is 1.27 bits per heavy atom. The molecule has 2 amide bonds. The largest absolute Gasteiger partial charge is 0.368 e. The zero-order valence-corrected chi connectivity index (χ0v) is 35.8. The lowest BCUT2D eigenvalue weighted by Crippen LogP contribution is -2.43. The number of aryl methyl sites for hydroxylation is 2. The molecule has 2 aromatic heterocycles. The maximum absolute atomic E-state index is 14.5. The van der Waals surface area contributed by atoms with Gasteiger partial charge in [0.2, 0.25) is 11.6 Å². The molecule has 0 aliphatic heterocycles. The number of hydrogen-bond acceptors (Lipinski definition) is 10. The van der Waals surface area contributed by atoms with Crippen LogP contribution in [0.3, 0.4) is 0 Å². The van der Waals surface area contributed by atoms with Crippen LogP contribution in [0.1, 0.15) is 78.7 Å². The number of Topliss-reactive ketones (excluding diaryl/α,β-unsaturated/α-hetero) is 2. The molecule has 2 unspecified atom stereocenters. The number of carbonyl (C=O) groups excluding carboxylic acids is 4. The summed E-state index contributed by atoms with van der Waals surface area (Å²) in [5, 5.41) is 9.62. The van der Waals surface area contributed by atoms with Gasteiger partial charge in [0.25, 0.3) is 11.8 Å². The first-order valence-electron chi connectivity index (χ1n) is 19.2. The SMILES string of the molecule is CCNc1nc(=O)n(C(NC(=O)c2cccc(C)c2)C(=O)c2ccc(Cl)c(F)c2)cc1F.CCNc1nc(=O)n(C(NC(=O)c2cccc(C)c2)C(=O)c2ccc(Cl)c(F)c2)cc1F. The predicted molar refractivity (Wildman–Crippen MR) is 232 cm³/mol. The van der Waals surface area contributed by atoms with Crippen molar-refractivity contribution in [3.05, 3.63) is 185 Å². The van der Waals surface area contributed by atoms with Gasteiger partial charge in [0, 0.05) is 35.3 Å². The molecule has 0 spiro atoms. The van der Waals surface area contributed by atoms with Gasteiger partial charge in [0.1, 0.15) is 11.6 Å². The molecule has 64 heavy (non-hydrogen) atoms. The summed E-state index contributed by atoms with van der Waals surface area (Å²) in [6, 6.07) is 19.6. The molecule has 6 rings (SSSR count). The predicted octanol–water partition coefficient (Wildman–Crippen LogP) is 7.45. The number of amides is 2. The number of benzene rings is 4. The molecular weight excluding hydrogens is 883 g/mol. The average Bonchev–Trinajstić information content (AvgIpc) is 3.26. The van der Waals surface area contributed by atoms with Crippen LogP contribution in [-0.4, -0.2) is 55.6 Å². The molecule has 20 heteroatoms. The van der Waals surface area contributed by atoms with Crippen molar-refractivity contribution in [3.63, 3.8) is 0 Å². The van der Waals surface area contributed by atoms with E-state index in [0.717, 1.165) is 35.7 Å². The van der Waals surface area contributed by atoms with Crippen molar-refractivity contribution in [1.29, 1.82) is 0 Å². The van der Waals surface area contributed by atoms with E-state index in [2.05, 4.69) is 31.2 Å². The monoisotopic (exact) mass is 920 g/mol. The van der Waals surface area contributed by atoms with Crippen LogP contribution in [-0.2, 0) is 0 Å². The summed E-state index contributed by atoms with van der Waals surface area (Å²) in [6.07, 6.45) is -1.85. The number of carbonyl (C=O) groups is 4. The molecule has 4 aromatic carbocycles. The first kappa shape index (κ1) is 47.9. The second kappa shape index (κ2) is 21.3. The van der Waals surface area contributed by atoms with Crippen LogP contribution in [0.4, 0.5) is 29.2 Å². The lowest BCUT2D eigenvalue weighted by atomic mass is 10.1. The number of anilines is 2. The molecular formula is C44H38Cl2F4N8O6. The summed E-state index contributed by atoms with van der Waals surface area (Å²) in [5.41, 5.74) is -0.305. The molecule has 14 nitrogen and oxygen atoms in total. The summed E-state index contributed by atoms with van der Waals surface area (Å²) in [4.78, 5) is 84.3. The van der Waals surface area contributed by atoms with Crippen molar-refractivity contribution in [2.75, 3.05) is 23.7 Å². The van der Waals surface area contributed by atoms with Crippen molar-refractivity contribution >= 4 is 58.2 Å². The van der Waals surface area contributed by atoms with E-state index in [1.807, 2.05) is 0 Å². The molecule has 0 saturated heterocycles. The Morgan fingerprint density at radius 2 is 0.938 bits per heavy atom. The molecule has 0 bridgehead atoms. The number of nitrogens with zero attached hydrogens (tertiary/aromatic N) is 4. The summed E-state index contributed by atoms with van der Waals surface area (Å²) >= 11 is 11.4. The second-order valence-corrected chi connectivity index (χ2v) is 14.6. The Hall–Kier alpha value is -7.18. The summed E-state index contributed by atoms with van der Waals surface area (Å²) < 4.78 is 58.2. The second-order valence-electron chi connectivity index (χ2n) is 13.8. The Kier molecular flexibility index (Phi) is 15.9. The molecule has 0 aliphatic carbocycles. The maximum Gasteiger partial charge on any atom is 0.351 e. The van der Waals surface area contributed by atoms with Gasteiger partial charge in [-0.1, -0.05) is 58.6 Å². The van der Waals surface area contributed by atoms with Gasteiger partial charge < -0.3 is 21.3 Å². The average molecular weight is 922 g/mol. The first-order chi connectivity index (χ1) is 30.4. The summed E-state index contributed by atoms with van der Waals surface area (Å²) in [7, 11) is 0. The molecule has 332 valence electrons. The van der Waals surface area contributed by atoms with Crippen LogP contribution in [0.15, 0.2) is 107 Å². The molecule has 6 aromatic rings. The first-order valence-corrected chi connectivity index (χ1v) is 20.0. The van der Waals surface area contributed by atoms with E-state index >= 15 is 0 Å². The van der Waals surface area contributed by atoms with Crippen LogP contribution < -0.4 is 32.6 Å². The minimum absolute atomic E-state index is 0.176. The molecule has 0 saturated carbocycles.